The highest BCUT2D eigenvalue weighted by Gasteiger charge is 2.58. The molecule has 0 fully saturated rings. The van der Waals surface area contributed by atoms with Gasteiger partial charge in [-0.05, 0) is 134 Å². The van der Waals surface area contributed by atoms with Crippen LogP contribution in [0.25, 0.3) is 44.3 Å². The van der Waals surface area contributed by atoms with Crippen molar-refractivity contribution >= 4 is 50.8 Å². The van der Waals surface area contributed by atoms with E-state index in [1.807, 2.05) is 30.0 Å². The molecule has 0 radical (unpaired) electrons. The molecule has 0 amide bonds. The van der Waals surface area contributed by atoms with E-state index in [1.54, 1.807) is 0 Å². The summed E-state index contributed by atoms with van der Waals surface area (Å²) in [5.41, 5.74) is 19.9. The molecule has 2 aliphatic carbocycles. The van der Waals surface area contributed by atoms with E-state index in [-0.39, 0.29) is 5.92 Å². The van der Waals surface area contributed by atoms with Gasteiger partial charge in [-0.25, -0.2) is 9.98 Å². The Balaban J connectivity index is 0.986. The number of hydrogen-bond acceptors (Lipinski definition) is 2. The summed E-state index contributed by atoms with van der Waals surface area (Å²) in [5.74, 6) is 0.728. The molecule has 1 aliphatic heterocycles. The molecule has 0 N–H and O–H groups in total. The molecule has 0 saturated heterocycles. The predicted octanol–water partition coefficient (Wildman–Crippen LogP) is 17.3. The molecule has 11 aromatic rings. The second-order valence-electron chi connectivity index (χ2n) is 20.0. The average molecular weight is 966 g/mol. The highest BCUT2D eigenvalue weighted by molar-refractivity contribution is 7.99. The second-order valence-corrected chi connectivity index (χ2v) is 21.0. The fraction of sp³-hybridized carbons (Fsp3) is 0.0857. The molecular formula is C70H51N3S. The van der Waals surface area contributed by atoms with E-state index >= 15 is 0 Å². The zero-order valence-corrected chi connectivity index (χ0v) is 42.2. The van der Waals surface area contributed by atoms with Gasteiger partial charge >= 0.3 is 0 Å². The Kier molecular flexibility index (Phi) is 10.3. The molecule has 0 bridgehead atoms. The summed E-state index contributed by atoms with van der Waals surface area (Å²) in [6.07, 6.45) is 0.895. The number of rotatable bonds is 7. The molecule has 14 rings (SSSR count). The van der Waals surface area contributed by atoms with Crippen LogP contribution in [0.2, 0.25) is 0 Å². The first kappa shape index (κ1) is 44.2. The Morgan fingerprint density at radius 1 is 0.446 bits per heavy atom. The fourth-order valence-electron chi connectivity index (χ4n) is 12.9. The van der Waals surface area contributed by atoms with Crippen molar-refractivity contribution in [1.29, 1.82) is 0 Å². The summed E-state index contributed by atoms with van der Waals surface area (Å²) < 4.78 is 2.36. The van der Waals surface area contributed by atoms with Crippen molar-refractivity contribution in [2.24, 2.45) is 15.9 Å². The minimum Gasteiger partial charge on any atom is -0.309 e. The van der Waals surface area contributed by atoms with Gasteiger partial charge in [-0.3, -0.25) is 0 Å². The van der Waals surface area contributed by atoms with E-state index in [4.69, 9.17) is 9.98 Å². The molecule has 1 aromatic heterocycles. The zero-order chi connectivity index (χ0) is 49.5. The number of aliphatic imine (C=N–C) groups is 2. The van der Waals surface area contributed by atoms with Crippen molar-refractivity contribution < 1.29 is 0 Å². The molecular weight excluding hydrogens is 915 g/mol. The molecule has 0 saturated carbocycles. The lowest BCUT2D eigenvalue weighted by Crippen LogP contribution is -2.45. The minimum atomic E-state index is -0.628. The monoisotopic (exact) mass is 965 g/mol. The standard InChI is InChI=1S/C70H51N3S/c1-4-45(2)67(72-68(71-46(3)47-22-6-5-7-23-47)48-38-41-50(42-39-48)73-63-34-18-9-25-53(63)54-26-10-19-35-64(54)73)49-40-43-52-51-24-8-11-27-55(51)69(62(52)44-49)56-28-12-14-30-58(56)70(59-31-15-13-29-57(59)69)60-32-16-20-36-65(60)74-66-37-21-17-33-61(66)70/h5-45H,3-4H2,1-2H3/b71-68-,72-67+. The van der Waals surface area contributed by atoms with Gasteiger partial charge in [0.2, 0.25) is 0 Å². The number of aromatic nitrogens is 1. The van der Waals surface area contributed by atoms with Gasteiger partial charge < -0.3 is 4.57 Å². The number of nitrogens with zero attached hydrogens (tertiary/aromatic N) is 3. The Morgan fingerprint density at radius 2 is 0.905 bits per heavy atom. The Hall–Kier alpha value is -8.57. The molecule has 3 nitrogen and oxygen atoms in total. The molecule has 2 heterocycles. The van der Waals surface area contributed by atoms with E-state index in [0.29, 0.717) is 11.5 Å². The first-order chi connectivity index (χ1) is 36.5. The van der Waals surface area contributed by atoms with Gasteiger partial charge in [0.15, 0.2) is 5.84 Å². The van der Waals surface area contributed by atoms with E-state index < -0.39 is 10.8 Å². The summed E-state index contributed by atoms with van der Waals surface area (Å²) in [6, 6.07) is 89.5. The second kappa shape index (κ2) is 17.3. The molecule has 352 valence electrons. The summed E-state index contributed by atoms with van der Waals surface area (Å²) >= 11 is 1.89. The highest BCUT2D eigenvalue weighted by Crippen LogP contribution is 2.67. The summed E-state index contributed by atoms with van der Waals surface area (Å²) in [7, 11) is 0. The van der Waals surface area contributed by atoms with Crippen LogP contribution in [-0.2, 0) is 10.8 Å². The minimum absolute atomic E-state index is 0.0989. The van der Waals surface area contributed by atoms with Crippen LogP contribution in [0.4, 0.5) is 0 Å². The van der Waals surface area contributed by atoms with Gasteiger partial charge in [-0.1, -0.05) is 220 Å². The van der Waals surface area contributed by atoms with E-state index in [2.05, 4.69) is 249 Å². The topological polar surface area (TPSA) is 29.6 Å². The number of benzene rings is 10. The lowest BCUT2D eigenvalue weighted by molar-refractivity contribution is 0.605. The normalized spacial score (nSPS) is 15.0. The van der Waals surface area contributed by atoms with Crippen LogP contribution in [-0.4, -0.2) is 16.1 Å². The van der Waals surface area contributed by atoms with Gasteiger partial charge in [0.25, 0.3) is 0 Å². The maximum absolute atomic E-state index is 5.76. The molecule has 3 aliphatic rings. The Morgan fingerprint density at radius 3 is 1.49 bits per heavy atom. The van der Waals surface area contributed by atoms with E-state index in [0.717, 1.165) is 34.5 Å². The smallest absolute Gasteiger partial charge is 0.160 e. The van der Waals surface area contributed by atoms with Crippen LogP contribution in [0.3, 0.4) is 0 Å². The maximum Gasteiger partial charge on any atom is 0.160 e. The first-order valence-corrected chi connectivity index (χ1v) is 26.6. The van der Waals surface area contributed by atoms with Crippen molar-refractivity contribution in [3.63, 3.8) is 0 Å². The molecule has 74 heavy (non-hydrogen) atoms. The number of para-hydroxylation sites is 2. The van der Waals surface area contributed by atoms with Crippen LogP contribution in [0, 0.1) is 5.92 Å². The van der Waals surface area contributed by atoms with Gasteiger partial charge in [0, 0.05) is 31.8 Å². The van der Waals surface area contributed by atoms with Crippen molar-refractivity contribution in [1.82, 2.24) is 4.57 Å². The van der Waals surface area contributed by atoms with Crippen LogP contribution in [0.1, 0.15) is 81.5 Å². The lowest BCUT2D eigenvalue weighted by atomic mass is 9.51. The Bertz CT molecular complexity index is 3990. The van der Waals surface area contributed by atoms with E-state index in [1.165, 1.54) is 87.2 Å². The quantitative estimate of drug-likeness (QED) is 0.116. The summed E-state index contributed by atoms with van der Waals surface area (Å²) in [5, 5.41) is 2.47. The van der Waals surface area contributed by atoms with Gasteiger partial charge in [-0.2, -0.15) is 0 Å². The average Bonchev–Trinajstić information content (AvgIpc) is 4.00. The number of fused-ring (bicyclic) bond motifs is 18. The SMILES string of the molecule is C=C(/N=C(\N=C(\c1ccc2c(c1)C1(c3ccccc3-2)c2ccccc2C2(c3ccccc3Sc3ccccc32)c2ccccc21)C(C)CC)c1ccc(-n2c3ccccc3c3ccccc32)cc1)c1ccccc1. The zero-order valence-electron chi connectivity index (χ0n) is 41.3. The van der Waals surface area contributed by atoms with Crippen molar-refractivity contribution in [2.45, 2.75) is 40.9 Å². The molecule has 2 spiro atoms. The Labute approximate surface area is 437 Å². The predicted molar refractivity (Wildman–Crippen MR) is 309 cm³/mol. The highest BCUT2D eigenvalue weighted by atomic mass is 32.2. The first-order valence-electron chi connectivity index (χ1n) is 25.8. The third-order valence-corrected chi connectivity index (χ3v) is 17.4. The van der Waals surface area contributed by atoms with Gasteiger partial charge in [0.05, 0.1) is 33.3 Å². The fourth-order valence-corrected chi connectivity index (χ4v) is 14.1. The van der Waals surface area contributed by atoms with Crippen molar-refractivity contribution in [3.05, 3.63) is 310 Å². The van der Waals surface area contributed by atoms with Crippen LogP contribution < -0.4 is 0 Å². The summed E-state index contributed by atoms with van der Waals surface area (Å²) in [6.45, 7) is 9.10. The molecule has 1 atom stereocenters. The third kappa shape index (κ3) is 6.34. The van der Waals surface area contributed by atoms with Crippen LogP contribution >= 0.6 is 11.8 Å². The molecule has 4 heteroatoms. The van der Waals surface area contributed by atoms with Crippen molar-refractivity contribution in [3.8, 4) is 16.8 Å². The van der Waals surface area contributed by atoms with Crippen LogP contribution in [0.5, 0.6) is 0 Å². The van der Waals surface area contributed by atoms with Crippen molar-refractivity contribution in [2.75, 3.05) is 0 Å². The van der Waals surface area contributed by atoms with Gasteiger partial charge in [0.1, 0.15) is 0 Å². The third-order valence-electron chi connectivity index (χ3n) is 16.2. The maximum atomic E-state index is 5.76. The van der Waals surface area contributed by atoms with Gasteiger partial charge in [-0.15, -0.1) is 0 Å². The van der Waals surface area contributed by atoms with Crippen LogP contribution in [0.15, 0.2) is 269 Å². The number of hydrogen-bond donors (Lipinski definition) is 0. The summed E-state index contributed by atoms with van der Waals surface area (Å²) in [4.78, 5) is 13.7. The van der Waals surface area contributed by atoms with E-state index in [9.17, 15) is 0 Å². The lowest BCUT2D eigenvalue weighted by Gasteiger charge is -2.51. The molecule has 1 unspecified atom stereocenters. The number of amidine groups is 1. The largest absolute Gasteiger partial charge is 0.309 e. The molecule has 10 aromatic carbocycles.